The first-order chi connectivity index (χ1) is 8.71. The molecule has 0 bridgehead atoms. The van der Waals surface area contributed by atoms with Crippen LogP contribution in [-0.4, -0.2) is 11.5 Å². The monoisotopic (exact) mass is 260 g/mol. The van der Waals surface area contributed by atoms with Gasteiger partial charge in [0.25, 0.3) is 0 Å². The highest BCUT2D eigenvalue weighted by atomic mass is 32.1. The zero-order valence-electron chi connectivity index (χ0n) is 11.1. The van der Waals surface area contributed by atoms with Gasteiger partial charge in [0, 0.05) is 6.54 Å². The summed E-state index contributed by atoms with van der Waals surface area (Å²) >= 11 is 1.78. The molecule has 3 heteroatoms. The van der Waals surface area contributed by atoms with Gasteiger partial charge < -0.3 is 5.32 Å². The number of thiazole rings is 1. The van der Waals surface area contributed by atoms with Crippen molar-refractivity contribution in [3.05, 3.63) is 23.8 Å². The van der Waals surface area contributed by atoms with Crippen LogP contribution in [0.15, 0.2) is 18.2 Å². The third kappa shape index (κ3) is 2.37. The first kappa shape index (κ1) is 12.0. The molecular weight excluding hydrogens is 240 g/mol. The zero-order valence-corrected chi connectivity index (χ0v) is 11.9. The van der Waals surface area contributed by atoms with E-state index in [1.54, 1.807) is 11.3 Å². The maximum Gasteiger partial charge on any atom is 0.183 e. The minimum atomic E-state index is 0.586. The van der Waals surface area contributed by atoms with Gasteiger partial charge in [-0.05, 0) is 49.3 Å². The highest BCUT2D eigenvalue weighted by Gasteiger charge is 2.41. The summed E-state index contributed by atoms with van der Waals surface area (Å²) in [5.74, 6) is 0. The number of benzene rings is 1. The molecule has 1 N–H and O–H groups in total. The van der Waals surface area contributed by atoms with E-state index >= 15 is 0 Å². The molecular formula is C15H20N2S. The van der Waals surface area contributed by atoms with Gasteiger partial charge in [-0.2, -0.15) is 0 Å². The van der Waals surface area contributed by atoms with Crippen molar-refractivity contribution in [2.24, 2.45) is 5.41 Å². The number of nitrogens with one attached hydrogen (secondary N) is 1. The Hall–Kier alpha value is -1.09. The van der Waals surface area contributed by atoms with Crippen LogP contribution in [0.1, 0.15) is 38.2 Å². The zero-order chi connectivity index (χ0) is 12.6. The predicted octanol–water partition coefficient (Wildman–Crippen LogP) is 4.60. The average Bonchev–Trinajstić information content (AvgIpc) is 2.99. The first-order valence-electron chi connectivity index (χ1n) is 6.82. The summed E-state index contributed by atoms with van der Waals surface area (Å²) in [5.41, 5.74) is 3.01. The molecule has 0 amide bonds. The standard InChI is InChI=1S/C15H20N2S/c1-3-6-15(7-8-15)10-16-14-17-12-5-4-11(2)9-13(12)18-14/h4-5,9H,3,6-8,10H2,1-2H3,(H,16,17). The van der Waals surface area contributed by atoms with Crippen LogP contribution in [0.2, 0.25) is 0 Å². The molecule has 0 radical (unpaired) electrons. The molecule has 1 aliphatic rings. The van der Waals surface area contributed by atoms with Crippen molar-refractivity contribution in [2.75, 3.05) is 11.9 Å². The summed E-state index contributed by atoms with van der Waals surface area (Å²) in [6.45, 7) is 5.51. The lowest BCUT2D eigenvalue weighted by Crippen LogP contribution is -2.14. The van der Waals surface area contributed by atoms with Crippen LogP contribution >= 0.6 is 11.3 Å². The molecule has 0 saturated heterocycles. The molecule has 0 spiro atoms. The topological polar surface area (TPSA) is 24.9 Å². The van der Waals surface area contributed by atoms with E-state index in [2.05, 4.69) is 42.3 Å². The smallest absolute Gasteiger partial charge is 0.183 e. The lowest BCUT2D eigenvalue weighted by Gasteiger charge is -2.13. The van der Waals surface area contributed by atoms with E-state index < -0.39 is 0 Å². The SMILES string of the molecule is CCCC1(CNc2nc3ccc(C)cc3s2)CC1. The van der Waals surface area contributed by atoms with Crippen LogP contribution in [-0.2, 0) is 0 Å². The van der Waals surface area contributed by atoms with Gasteiger partial charge in [-0.15, -0.1) is 0 Å². The van der Waals surface area contributed by atoms with Crippen LogP contribution in [0, 0.1) is 12.3 Å². The number of hydrogen-bond acceptors (Lipinski definition) is 3. The number of hydrogen-bond donors (Lipinski definition) is 1. The van der Waals surface area contributed by atoms with E-state index in [-0.39, 0.29) is 0 Å². The Balaban J connectivity index is 1.71. The molecule has 0 aliphatic heterocycles. The second kappa shape index (κ2) is 4.54. The molecule has 18 heavy (non-hydrogen) atoms. The van der Waals surface area contributed by atoms with E-state index in [1.165, 1.54) is 35.9 Å². The van der Waals surface area contributed by atoms with Crippen molar-refractivity contribution in [3.63, 3.8) is 0 Å². The largest absolute Gasteiger partial charge is 0.361 e. The Kier molecular flexibility index (Phi) is 3.02. The summed E-state index contributed by atoms with van der Waals surface area (Å²) < 4.78 is 1.29. The van der Waals surface area contributed by atoms with Gasteiger partial charge in [0.05, 0.1) is 10.2 Å². The molecule has 1 aromatic heterocycles. The minimum absolute atomic E-state index is 0.586. The fourth-order valence-corrected chi connectivity index (χ4v) is 3.55. The second-order valence-electron chi connectivity index (χ2n) is 5.59. The number of anilines is 1. The highest BCUT2D eigenvalue weighted by Crippen LogP contribution is 2.49. The maximum atomic E-state index is 4.65. The van der Waals surface area contributed by atoms with Crippen LogP contribution in [0.3, 0.4) is 0 Å². The summed E-state index contributed by atoms with van der Waals surface area (Å²) in [7, 11) is 0. The number of aromatic nitrogens is 1. The van der Waals surface area contributed by atoms with Gasteiger partial charge in [0.1, 0.15) is 0 Å². The van der Waals surface area contributed by atoms with Gasteiger partial charge >= 0.3 is 0 Å². The molecule has 0 atom stereocenters. The number of fused-ring (bicyclic) bond motifs is 1. The molecule has 1 saturated carbocycles. The molecule has 1 fully saturated rings. The lowest BCUT2D eigenvalue weighted by molar-refractivity contribution is 0.485. The van der Waals surface area contributed by atoms with Crippen molar-refractivity contribution in [1.29, 1.82) is 0 Å². The van der Waals surface area contributed by atoms with Crippen molar-refractivity contribution >= 4 is 26.7 Å². The van der Waals surface area contributed by atoms with E-state index in [0.717, 1.165) is 17.2 Å². The van der Waals surface area contributed by atoms with Crippen LogP contribution < -0.4 is 5.32 Å². The van der Waals surface area contributed by atoms with Gasteiger partial charge in [-0.3, -0.25) is 0 Å². The van der Waals surface area contributed by atoms with Crippen LogP contribution in [0.5, 0.6) is 0 Å². The number of nitrogens with zero attached hydrogens (tertiary/aromatic N) is 1. The molecule has 0 unspecified atom stereocenters. The average molecular weight is 260 g/mol. The summed E-state index contributed by atoms with van der Waals surface area (Å²) in [6.07, 6.45) is 5.42. The van der Waals surface area contributed by atoms with Crippen molar-refractivity contribution < 1.29 is 0 Å². The fourth-order valence-electron chi connectivity index (χ4n) is 2.59. The Bertz CT molecular complexity index is 555. The molecule has 96 valence electrons. The summed E-state index contributed by atoms with van der Waals surface area (Å²) in [6, 6.07) is 6.47. The number of rotatable bonds is 5. The molecule has 1 aliphatic carbocycles. The second-order valence-corrected chi connectivity index (χ2v) is 6.62. The highest BCUT2D eigenvalue weighted by molar-refractivity contribution is 7.22. The van der Waals surface area contributed by atoms with E-state index in [0.29, 0.717) is 5.41 Å². The third-order valence-electron chi connectivity index (χ3n) is 3.90. The van der Waals surface area contributed by atoms with Crippen LogP contribution in [0.4, 0.5) is 5.13 Å². The lowest BCUT2D eigenvalue weighted by atomic mass is 10.0. The third-order valence-corrected chi connectivity index (χ3v) is 4.87. The Morgan fingerprint density at radius 3 is 2.94 bits per heavy atom. The minimum Gasteiger partial charge on any atom is -0.361 e. The van der Waals surface area contributed by atoms with E-state index in [1.807, 2.05) is 0 Å². The van der Waals surface area contributed by atoms with Gasteiger partial charge in [-0.1, -0.05) is 30.7 Å². The maximum absolute atomic E-state index is 4.65. The van der Waals surface area contributed by atoms with Crippen LogP contribution in [0.25, 0.3) is 10.2 Å². The fraction of sp³-hybridized carbons (Fsp3) is 0.533. The summed E-state index contributed by atoms with van der Waals surface area (Å²) in [5, 5.41) is 4.63. The molecule has 3 rings (SSSR count). The summed E-state index contributed by atoms with van der Waals surface area (Å²) in [4.78, 5) is 4.65. The van der Waals surface area contributed by atoms with Crippen molar-refractivity contribution in [1.82, 2.24) is 4.98 Å². The molecule has 2 nitrogen and oxygen atoms in total. The Morgan fingerprint density at radius 2 is 2.22 bits per heavy atom. The Morgan fingerprint density at radius 1 is 1.39 bits per heavy atom. The van der Waals surface area contributed by atoms with Gasteiger partial charge in [0.2, 0.25) is 0 Å². The predicted molar refractivity (Wildman–Crippen MR) is 79.4 cm³/mol. The Labute approximate surface area is 112 Å². The van der Waals surface area contributed by atoms with Crippen molar-refractivity contribution in [3.8, 4) is 0 Å². The number of aryl methyl sites for hydroxylation is 1. The molecule has 1 aromatic carbocycles. The van der Waals surface area contributed by atoms with Gasteiger partial charge in [-0.25, -0.2) is 4.98 Å². The van der Waals surface area contributed by atoms with E-state index in [4.69, 9.17) is 0 Å². The van der Waals surface area contributed by atoms with Crippen molar-refractivity contribution in [2.45, 2.75) is 39.5 Å². The van der Waals surface area contributed by atoms with Gasteiger partial charge in [0.15, 0.2) is 5.13 Å². The molecule has 1 heterocycles. The normalized spacial score (nSPS) is 17.0. The van der Waals surface area contributed by atoms with E-state index in [9.17, 15) is 0 Å². The quantitative estimate of drug-likeness (QED) is 0.850. The first-order valence-corrected chi connectivity index (χ1v) is 7.63. The molecule has 2 aromatic rings.